The highest BCUT2D eigenvalue weighted by molar-refractivity contribution is 6.03. The normalized spacial score (nSPS) is 25.9. The molecule has 0 spiro atoms. The van der Waals surface area contributed by atoms with Crippen LogP contribution in [0, 0.1) is 17.8 Å². The maximum Gasteiger partial charge on any atom is 0.317 e. The number of allylic oxidation sites excluding steroid dienone is 1. The van der Waals surface area contributed by atoms with Crippen molar-refractivity contribution in [2.24, 2.45) is 22.9 Å². The minimum absolute atomic E-state index is 0.103. The number of nitrogens with zero attached hydrogens (tertiary/aromatic N) is 2. The first-order valence-corrected chi connectivity index (χ1v) is 19.1. The van der Waals surface area contributed by atoms with Crippen LogP contribution in [0.25, 0.3) is 0 Å². The molecule has 1 fully saturated rings. The molecule has 4 rings (SSSR count). The molecule has 2 aliphatic carbocycles. The molecule has 0 saturated heterocycles. The van der Waals surface area contributed by atoms with E-state index < -0.39 is 17.4 Å². The number of rotatable bonds is 20. The van der Waals surface area contributed by atoms with Crippen LogP contribution in [0.2, 0.25) is 0 Å². The lowest BCUT2D eigenvalue weighted by molar-refractivity contribution is -0.254. The first-order valence-electron chi connectivity index (χ1n) is 19.1. The molecule has 1 aromatic carbocycles. The predicted molar refractivity (Wildman–Crippen MR) is 202 cm³/mol. The minimum Gasteiger partial charge on any atom is -0.490 e. The van der Waals surface area contributed by atoms with Crippen molar-refractivity contribution in [1.29, 1.82) is 0 Å². The number of carbonyl (C=O) groups excluding carboxylic acids is 1. The lowest BCUT2D eigenvalue weighted by atomic mass is 9.55. The Bertz CT molecular complexity index is 1370. The Balaban J connectivity index is 2.05. The maximum atomic E-state index is 14.1. The Labute approximate surface area is 305 Å². The molecule has 0 aromatic heterocycles. The summed E-state index contributed by atoms with van der Waals surface area (Å²) in [5.74, 6) is -0.00126. The molecule has 10 heteroatoms. The first-order chi connectivity index (χ1) is 24.6. The summed E-state index contributed by atoms with van der Waals surface area (Å²) in [4.78, 5) is 22.2. The second-order valence-corrected chi connectivity index (χ2v) is 15.0. The van der Waals surface area contributed by atoms with Crippen LogP contribution in [0.5, 0.6) is 11.5 Å². The zero-order valence-corrected chi connectivity index (χ0v) is 31.7. The molecule has 284 valence electrons. The van der Waals surface area contributed by atoms with Crippen LogP contribution < -0.4 is 14.8 Å². The lowest BCUT2D eigenvalue weighted by Gasteiger charge is -2.60. The van der Waals surface area contributed by atoms with Crippen LogP contribution in [0.1, 0.15) is 104 Å². The molecule has 2 amide bonds. The van der Waals surface area contributed by atoms with Gasteiger partial charge in [0.05, 0.1) is 18.2 Å². The van der Waals surface area contributed by atoms with Gasteiger partial charge in [0, 0.05) is 44.2 Å². The maximum absolute atomic E-state index is 14.1. The zero-order chi connectivity index (χ0) is 37.0. The monoisotopic (exact) mass is 709 g/mol. The molecule has 3 N–H and O–H groups in total. The van der Waals surface area contributed by atoms with Gasteiger partial charge < -0.3 is 39.5 Å². The molecule has 0 bridgehead atoms. The van der Waals surface area contributed by atoms with E-state index in [1.165, 1.54) is 0 Å². The Morgan fingerprint density at radius 1 is 1.08 bits per heavy atom. The quantitative estimate of drug-likeness (QED) is 0.0728. The van der Waals surface area contributed by atoms with E-state index in [-0.39, 0.29) is 49.5 Å². The van der Waals surface area contributed by atoms with Crippen LogP contribution >= 0.6 is 0 Å². The van der Waals surface area contributed by atoms with Gasteiger partial charge in [-0.05, 0) is 94.9 Å². The van der Waals surface area contributed by atoms with Gasteiger partial charge in [0.1, 0.15) is 29.7 Å². The van der Waals surface area contributed by atoms with Gasteiger partial charge in [-0.2, -0.15) is 0 Å². The molecule has 1 saturated carbocycles. The number of aliphatic hydroxyl groups is 2. The van der Waals surface area contributed by atoms with Gasteiger partial charge in [-0.15, -0.1) is 6.58 Å². The molecule has 0 radical (unpaired) electrons. The van der Waals surface area contributed by atoms with Crippen molar-refractivity contribution < 1.29 is 34.1 Å². The number of hydrogen-bond acceptors (Lipinski definition) is 8. The summed E-state index contributed by atoms with van der Waals surface area (Å²) < 4.78 is 20.3. The Kier molecular flexibility index (Phi) is 15.0. The van der Waals surface area contributed by atoms with Gasteiger partial charge in [0.25, 0.3) is 0 Å². The summed E-state index contributed by atoms with van der Waals surface area (Å²) in [6.45, 7) is 19.8. The number of benzene rings is 1. The van der Waals surface area contributed by atoms with Crippen LogP contribution in [0.15, 0.2) is 60.3 Å². The first kappa shape index (κ1) is 40.4. The molecule has 1 aromatic rings. The number of nitrogens with one attached hydrogen (secondary N) is 1. The predicted octanol–water partition coefficient (Wildman–Crippen LogP) is 7.52. The summed E-state index contributed by atoms with van der Waals surface area (Å²) >= 11 is 0. The van der Waals surface area contributed by atoms with E-state index in [0.717, 1.165) is 67.5 Å². The zero-order valence-electron chi connectivity index (χ0n) is 31.7. The fourth-order valence-electron chi connectivity index (χ4n) is 8.06. The van der Waals surface area contributed by atoms with E-state index >= 15 is 0 Å². The number of urea groups is 1. The van der Waals surface area contributed by atoms with Crippen molar-refractivity contribution in [3.05, 3.63) is 60.7 Å². The van der Waals surface area contributed by atoms with Crippen molar-refractivity contribution in [3.63, 3.8) is 0 Å². The van der Waals surface area contributed by atoms with Gasteiger partial charge in [0.15, 0.2) is 0 Å². The summed E-state index contributed by atoms with van der Waals surface area (Å²) in [6.07, 6.45) is 12.7. The smallest absolute Gasteiger partial charge is 0.317 e. The second-order valence-electron chi connectivity index (χ2n) is 15.0. The average molecular weight is 710 g/mol. The molecular weight excluding hydrogens is 646 g/mol. The Morgan fingerprint density at radius 2 is 1.80 bits per heavy atom. The highest BCUT2D eigenvalue weighted by Gasteiger charge is 2.65. The number of amides is 2. The van der Waals surface area contributed by atoms with E-state index in [4.69, 9.17) is 24.2 Å². The van der Waals surface area contributed by atoms with Crippen LogP contribution in [0.3, 0.4) is 0 Å². The molecular formula is C41H63N3O7. The SMILES string of the molecule is C=CCOc1ccc2c(c1)C1C(CCCCO)C(CCCCO)C=C3C(=NOC(C)(C)C)CC(N(CCC)C(=O)NCCC)C(OCC=C)(O2)C31. The average Bonchev–Trinajstić information content (AvgIpc) is 3.11. The standard InChI is InChI=1S/C41H63N3O7/c1-8-20-42-39(47)44(21-9-2)36-28-34(43-51-40(5,6)7)32-26-29(16-12-14-22-45)31(17-13-15-23-46)37-33-27-30(48-24-10-3)18-19-35(33)50-41(36,38(32)37)49-25-11-4/h10-11,18-19,26-27,29,31,36-38,45-46H,3-4,8-9,12-17,20-25,28H2,1-2,5-7H3,(H,42,47). The van der Waals surface area contributed by atoms with E-state index in [1.807, 2.05) is 44.7 Å². The topological polar surface area (TPSA) is 122 Å². The van der Waals surface area contributed by atoms with E-state index in [9.17, 15) is 15.0 Å². The number of unbranched alkanes of at least 4 members (excludes halogenated alkanes) is 2. The third kappa shape index (κ3) is 9.56. The number of fused-ring (bicyclic) bond motifs is 2. The van der Waals surface area contributed by atoms with Crippen molar-refractivity contribution in [2.75, 3.05) is 39.5 Å². The van der Waals surface area contributed by atoms with Crippen molar-refractivity contribution in [3.8, 4) is 11.5 Å². The third-order valence-corrected chi connectivity index (χ3v) is 10.1. The van der Waals surface area contributed by atoms with E-state index in [1.54, 1.807) is 12.2 Å². The fourth-order valence-corrected chi connectivity index (χ4v) is 8.06. The third-order valence-electron chi connectivity index (χ3n) is 10.1. The number of aliphatic hydroxyl groups excluding tert-OH is 2. The van der Waals surface area contributed by atoms with Crippen molar-refractivity contribution >= 4 is 11.7 Å². The summed E-state index contributed by atoms with van der Waals surface area (Å²) in [7, 11) is 0. The van der Waals surface area contributed by atoms with E-state index in [2.05, 4.69) is 37.5 Å². The van der Waals surface area contributed by atoms with Gasteiger partial charge in [0.2, 0.25) is 5.79 Å². The van der Waals surface area contributed by atoms with Crippen LogP contribution in [-0.2, 0) is 9.57 Å². The highest BCUT2D eigenvalue weighted by atomic mass is 16.7. The van der Waals surface area contributed by atoms with Gasteiger partial charge in [-0.3, -0.25) is 0 Å². The van der Waals surface area contributed by atoms with Crippen LogP contribution in [0.4, 0.5) is 4.79 Å². The van der Waals surface area contributed by atoms with Crippen molar-refractivity contribution in [2.45, 2.75) is 116 Å². The van der Waals surface area contributed by atoms with E-state index in [0.29, 0.717) is 38.3 Å². The summed E-state index contributed by atoms with van der Waals surface area (Å²) in [5, 5.41) is 27.6. The molecule has 1 heterocycles. The molecule has 51 heavy (non-hydrogen) atoms. The molecule has 3 aliphatic rings. The Hall–Kier alpha value is -3.34. The summed E-state index contributed by atoms with van der Waals surface area (Å²) in [6, 6.07) is 5.28. The molecule has 6 atom stereocenters. The van der Waals surface area contributed by atoms with Gasteiger partial charge >= 0.3 is 6.03 Å². The van der Waals surface area contributed by atoms with Gasteiger partial charge in [-0.1, -0.05) is 56.7 Å². The second kappa shape index (κ2) is 18.9. The minimum atomic E-state index is -1.27. The fraction of sp³-hybridized carbons (Fsp3) is 0.659. The largest absolute Gasteiger partial charge is 0.490 e. The summed E-state index contributed by atoms with van der Waals surface area (Å²) in [5.41, 5.74) is 2.30. The number of oxime groups is 1. The van der Waals surface area contributed by atoms with Crippen molar-refractivity contribution in [1.82, 2.24) is 10.2 Å². The van der Waals surface area contributed by atoms with Gasteiger partial charge in [-0.25, -0.2) is 4.79 Å². The van der Waals surface area contributed by atoms with Crippen LogP contribution in [-0.4, -0.2) is 83.8 Å². The number of ether oxygens (including phenoxy) is 3. The Morgan fingerprint density at radius 3 is 2.45 bits per heavy atom. The highest BCUT2D eigenvalue weighted by Crippen LogP contribution is 2.62. The number of hydrogen-bond donors (Lipinski definition) is 3. The number of carbonyl (C=O) groups is 1. The molecule has 10 nitrogen and oxygen atoms in total. The lowest BCUT2D eigenvalue weighted by Crippen LogP contribution is -2.70. The molecule has 1 aliphatic heterocycles. The molecule has 6 unspecified atom stereocenters.